The van der Waals surface area contributed by atoms with Gasteiger partial charge in [0.25, 0.3) is 0 Å². The fourth-order valence-electron chi connectivity index (χ4n) is 3.41. The Morgan fingerprint density at radius 3 is 2.62 bits per heavy atom. The molecule has 1 aromatic carbocycles. The SMILES string of the molecule is CCNC(=NCC(O)c1ccc(F)cc1)N1CCC(CN(CC)CC)C1. The molecule has 2 atom stereocenters. The third-order valence-electron chi connectivity index (χ3n) is 5.00. The quantitative estimate of drug-likeness (QED) is 0.550. The average molecular weight is 365 g/mol. The van der Waals surface area contributed by atoms with Gasteiger partial charge in [0.15, 0.2) is 5.96 Å². The molecule has 2 rings (SSSR count). The van der Waals surface area contributed by atoms with Crippen molar-refractivity contribution < 1.29 is 9.50 Å². The van der Waals surface area contributed by atoms with Gasteiger partial charge in [-0.1, -0.05) is 26.0 Å². The lowest BCUT2D eigenvalue weighted by atomic mass is 10.1. The lowest BCUT2D eigenvalue weighted by molar-refractivity contribution is 0.186. The number of hydrogen-bond donors (Lipinski definition) is 2. The summed E-state index contributed by atoms with van der Waals surface area (Å²) in [5.74, 6) is 1.21. The van der Waals surface area contributed by atoms with E-state index in [2.05, 4.69) is 40.9 Å². The number of halogens is 1. The van der Waals surface area contributed by atoms with Crippen molar-refractivity contribution in [3.63, 3.8) is 0 Å². The number of rotatable bonds is 8. The first kappa shape index (κ1) is 20.6. The van der Waals surface area contributed by atoms with Gasteiger partial charge in [0.05, 0.1) is 12.6 Å². The number of benzene rings is 1. The highest BCUT2D eigenvalue weighted by Gasteiger charge is 2.26. The number of aliphatic hydroxyl groups excluding tert-OH is 1. The van der Waals surface area contributed by atoms with E-state index in [4.69, 9.17) is 0 Å². The van der Waals surface area contributed by atoms with E-state index >= 15 is 0 Å². The lowest BCUT2D eigenvalue weighted by Crippen LogP contribution is -2.41. The second-order valence-electron chi connectivity index (χ2n) is 6.85. The molecular formula is C20H33FN4O. The zero-order chi connectivity index (χ0) is 18.9. The minimum absolute atomic E-state index is 0.269. The van der Waals surface area contributed by atoms with Crippen molar-refractivity contribution in [1.82, 2.24) is 15.1 Å². The molecule has 1 aliphatic heterocycles. The Bertz CT molecular complexity index is 559. The van der Waals surface area contributed by atoms with Crippen molar-refractivity contribution in [3.8, 4) is 0 Å². The summed E-state index contributed by atoms with van der Waals surface area (Å²) >= 11 is 0. The summed E-state index contributed by atoms with van der Waals surface area (Å²) < 4.78 is 13.0. The highest BCUT2D eigenvalue weighted by Crippen LogP contribution is 2.19. The third kappa shape index (κ3) is 5.95. The van der Waals surface area contributed by atoms with E-state index in [0.29, 0.717) is 11.5 Å². The zero-order valence-electron chi connectivity index (χ0n) is 16.3. The molecule has 146 valence electrons. The van der Waals surface area contributed by atoms with E-state index in [-0.39, 0.29) is 12.4 Å². The van der Waals surface area contributed by atoms with E-state index < -0.39 is 6.10 Å². The first-order valence-corrected chi connectivity index (χ1v) is 9.76. The Kier molecular flexibility index (Phi) is 8.32. The van der Waals surface area contributed by atoms with Gasteiger partial charge in [0, 0.05) is 26.2 Å². The number of likely N-dealkylation sites (tertiary alicyclic amines) is 1. The van der Waals surface area contributed by atoms with Crippen LogP contribution in [0.2, 0.25) is 0 Å². The molecule has 1 aliphatic rings. The van der Waals surface area contributed by atoms with Crippen molar-refractivity contribution in [3.05, 3.63) is 35.6 Å². The number of aliphatic hydroxyl groups is 1. The molecule has 2 N–H and O–H groups in total. The molecule has 1 heterocycles. The predicted octanol–water partition coefficient (Wildman–Crippen LogP) is 2.49. The molecule has 1 aromatic rings. The molecule has 5 nitrogen and oxygen atoms in total. The Balaban J connectivity index is 1.95. The summed E-state index contributed by atoms with van der Waals surface area (Å²) in [4.78, 5) is 9.38. The molecule has 0 aliphatic carbocycles. The Labute approximate surface area is 156 Å². The second kappa shape index (κ2) is 10.5. The van der Waals surface area contributed by atoms with Gasteiger partial charge in [-0.2, -0.15) is 0 Å². The van der Waals surface area contributed by atoms with Crippen molar-refractivity contribution in [2.45, 2.75) is 33.3 Å². The van der Waals surface area contributed by atoms with Gasteiger partial charge in [-0.25, -0.2) is 4.39 Å². The molecule has 0 radical (unpaired) electrons. The van der Waals surface area contributed by atoms with Gasteiger partial charge in [0.2, 0.25) is 0 Å². The van der Waals surface area contributed by atoms with Gasteiger partial charge >= 0.3 is 0 Å². The van der Waals surface area contributed by atoms with E-state index in [9.17, 15) is 9.50 Å². The largest absolute Gasteiger partial charge is 0.386 e. The van der Waals surface area contributed by atoms with E-state index in [1.807, 2.05) is 0 Å². The van der Waals surface area contributed by atoms with Gasteiger partial charge in [-0.15, -0.1) is 0 Å². The molecule has 0 aromatic heterocycles. The maximum absolute atomic E-state index is 13.0. The van der Waals surface area contributed by atoms with Crippen LogP contribution in [0.5, 0.6) is 0 Å². The van der Waals surface area contributed by atoms with Crippen LogP contribution >= 0.6 is 0 Å². The van der Waals surface area contributed by atoms with Crippen molar-refractivity contribution in [2.75, 3.05) is 45.8 Å². The van der Waals surface area contributed by atoms with Crippen LogP contribution < -0.4 is 5.32 Å². The maximum atomic E-state index is 13.0. The molecule has 0 spiro atoms. The number of hydrogen-bond acceptors (Lipinski definition) is 3. The van der Waals surface area contributed by atoms with Crippen LogP contribution in [-0.2, 0) is 0 Å². The fraction of sp³-hybridized carbons (Fsp3) is 0.650. The van der Waals surface area contributed by atoms with E-state index in [1.165, 1.54) is 18.6 Å². The molecule has 0 bridgehead atoms. The summed E-state index contributed by atoms with van der Waals surface area (Å²) in [6.07, 6.45) is 0.444. The smallest absolute Gasteiger partial charge is 0.194 e. The minimum atomic E-state index is -0.724. The van der Waals surface area contributed by atoms with E-state index in [1.54, 1.807) is 12.1 Å². The van der Waals surface area contributed by atoms with Gasteiger partial charge in [0.1, 0.15) is 5.82 Å². The summed E-state index contributed by atoms with van der Waals surface area (Å²) in [7, 11) is 0. The van der Waals surface area contributed by atoms with Crippen LogP contribution in [0.1, 0.15) is 38.9 Å². The Morgan fingerprint density at radius 2 is 2.00 bits per heavy atom. The van der Waals surface area contributed by atoms with E-state index in [0.717, 1.165) is 45.2 Å². The van der Waals surface area contributed by atoms with Gasteiger partial charge in [-0.05, 0) is 50.0 Å². The Hall–Kier alpha value is -1.66. The van der Waals surface area contributed by atoms with Crippen LogP contribution in [-0.4, -0.2) is 66.7 Å². The number of guanidine groups is 1. The third-order valence-corrected chi connectivity index (χ3v) is 5.00. The van der Waals surface area contributed by atoms with Crippen molar-refractivity contribution in [1.29, 1.82) is 0 Å². The number of aliphatic imine (C=N–C) groups is 1. The number of nitrogens with one attached hydrogen (secondary N) is 1. The monoisotopic (exact) mass is 364 g/mol. The lowest BCUT2D eigenvalue weighted by Gasteiger charge is -2.24. The molecule has 2 unspecified atom stereocenters. The molecule has 0 amide bonds. The van der Waals surface area contributed by atoms with Crippen molar-refractivity contribution >= 4 is 5.96 Å². The molecule has 1 fully saturated rings. The predicted molar refractivity (Wildman–Crippen MR) is 105 cm³/mol. The molecule has 0 saturated carbocycles. The highest BCUT2D eigenvalue weighted by atomic mass is 19.1. The van der Waals surface area contributed by atoms with Crippen LogP contribution in [0.25, 0.3) is 0 Å². The van der Waals surface area contributed by atoms with Crippen LogP contribution in [0, 0.1) is 11.7 Å². The Morgan fingerprint density at radius 1 is 1.31 bits per heavy atom. The number of nitrogens with zero attached hydrogens (tertiary/aromatic N) is 3. The maximum Gasteiger partial charge on any atom is 0.194 e. The molecule has 6 heteroatoms. The fourth-order valence-corrected chi connectivity index (χ4v) is 3.41. The molecular weight excluding hydrogens is 331 g/mol. The normalized spacial score (nSPS) is 19.2. The first-order chi connectivity index (χ1) is 12.6. The highest BCUT2D eigenvalue weighted by molar-refractivity contribution is 5.80. The topological polar surface area (TPSA) is 51.1 Å². The summed E-state index contributed by atoms with van der Waals surface area (Å²) in [6, 6.07) is 5.95. The zero-order valence-corrected chi connectivity index (χ0v) is 16.3. The minimum Gasteiger partial charge on any atom is -0.386 e. The standard InChI is InChI=1S/C20H33FN4O/c1-4-22-20(23-13-19(26)17-7-9-18(21)10-8-17)25-12-11-16(15-25)14-24(5-2)6-3/h7-10,16,19,26H,4-6,11-15H2,1-3H3,(H,22,23). The molecule has 26 heavy (non-hydrogen) atoms. The average Bonchev–Trinajstić information content (AvgIpc) is 3.11. The van der Waals surface area contributed by atoms with Gasteiger partial charge in [-0.3, -0.25) is 4.99 Å². The van der Waals surface area contributed by atoms with Gasteiger partial charge < -0.3 is 20.2 Å². The molecule has 1 saturated heterocycles. The van der Waals surface area contributed by atoms with Crippen LogP contribution in [0.4, 0.5) is 4.39 Å². The van der Waals surface area contributed by atoms with Crippen molar-refractivity contribution in [2.24, 2.45) is 10.9 Å². The summed E-state index contributed by atoms with van der Waals surface area (Å²) in [5.41, 5.74) is 0.687. The van der Waals surface area contributed by atoms with Crippen LogP contribution in [0.15, 0.2) is 29.3 Å². The summed E-state index contributed by atoms with van der Waals surface area (Å²) in [6.45, 7) is 12.8. The second-order valence-corrected chi connectivity index (χ2v) is 6.85. The summed E-state index contributed by atoms with van der Waals surface area (Å²) in [5, 5.41) is 13.7. The van der Waals surface area contributed by atoms with Crippen LogP contribution in [0.3, 0.4) is 0 Å². The first-order valence-electron chi connectivity index (χ1n) is 9.76.